The number of carboxylic acids is 1. The van der Waals surface area contributed by atoms with Crippen LogP contribution in [-0.2, 0) is 17.6 Å². The molecule has 2 aromatic carbocycles. The molecule has 2 aliphatic rings. The summed E-state index contributed by atoms with van der Waals surface area (Å²) in [6.07, 6.45) is 2.42. The molecule has 7 heteroatoms. The second-order valence-corrected chi connectivity index (χ2v) is 8.35. The molecule has 0 heterocycles. The van der Waals surface area contributed by atoms with Crippen LogP contribution in [0.2, 0.25) is 0 Å². The van der Waals surface area contributed by atoms with Gasteiger partial charge in [-0.25, -0.2) is 17.6 Å². The Kier molecular flexibility index (Phi) is 5.38. The zero-order valence-corrected chi connectivity index (χ0v) is 16.0. The Labute approximate surface area is 170 Å². The predicted octanol–water partition coefficient (Wildman–Crippen LogP) is 4.96. The lowest BCUT2D eigenvalue weighted by atomic mass is 9.84. The highest BCUT2D eigenvalue weighted by Gasteiger charge is 2.56. The number of rotatable bonds is 6. The van der Waals surface area contributed by atoms with Crippen molar-refractivity contribution in [3.63, 3.8) is 0 Å². The van der Waals surface area contributed by atoms with Crippen molar-refractivity contribution in [2.24, 2.45) is 23.7 Å². The summed E-state index contributed by atoms with van der Waals surface area (Å²) in [5.41, 5.74) is 0.572. The minimum atomic E-state index is -1.59. The van der Waals surface area contributed by atoms with E-state index in [9.17, 15) is 32.3 Å². The van der Waals surface area contributed by atoms with E-state index in [4.69, 9.17) is 0 Å². The average molecular weight is 420 g/mol. The molecule has 4 unspecified atom stereocenters. The molecule has 158 valence electrons. The molecule has 0 saturated heterocycles. The monoisotopic (exact) mass is 420 g/mol. The first kappa shape index (κ1) is 20.6. The van der Waals surface area contributed by atoms with Crippen molar-refractivity contribution >= 4 is 11.8 Å². The summed E-state index contributed by atoms with van der Waals surface area (Å²) < 4.78 is 54.2. The number of hydrogen-bond donors (Lipinski definition) is 1. The van der Waals surface area contributed by atoms with Crippen molar-refractivity contribution in [3.8, 4) is 0 Å². The van der Waals surface area contributed by atoms with Crippen LogP contribution in [-0.4, -0.2) is 16.9 Å². The quantitative estimate of drug-likeness (QED) is 0.408. The van der Waals surface area contributed by atoms with Crippen LogP contribution in [0.5, 0.6) is 0 Å². The Morgan fingerprint density at radius 2 is 1.63 bits per heavy atom. The third kappa shape index (κ3) is 3.98. The lowest BCUT2D eigenvalue weighted by Gasteiger charge is -2.21. The number of Topliss-reactive ketones (excluding diaryl/α,β-unsaturated/α-hetero) is 1. The fourth-order valence-electron chi connectivity index (χ4n) is 4.86. The van der Waals surface area contributed by atoms with E-state index < -0.39 is 35.0 Å². The van der Waals surface area contributed by atoms with Gasteiger partial charge in [-0.15, -0.1) is 0 Å². The Hall–Kier alpha value is -2.70. The van der Waals surface area contributed by atoms with E-state index in [-0.39, 0.29) is 41.2 Å². The van der Waals surface area contributed by atoms with Crippen LogP contribution >= 0.6 is 0 Å². The van der Waals surface area contributed by atoms with Crippen LogP contribution in [0.25, 0.3) is 0 Å². The second kappa shape index (κ2) is 7.85. The van der Waals surface area contributed by atoms with Crippen molar-refractivity contribution in [2.75, 3.05) is 0 Å². The number of benzene rings is 2. The van der Waals surface area contributed by atoms with Crippen LogP contribution in [0, 0.1) is 46.9 Å². The number of carboxylic acid groups (broad SMARTS) is 1. The van der Waals surface area contributed by atoms with Crippen molar-refractivity contribution in [2.45, 2.75) is 32.1 Å². The molecule has 30 heavy (non-hydrogen) atoms. The van der Waals surface area contributed by atoms with Crippen molar-refractivity contribution in [1.29, 1.82) is 0 Å². The van der Waals surface area contributed by atoms with Gasteiger partial charge in [0.05, 0.1) is 5.92 Å². The summed E-state index contributed by atoms with van der Waals surface area (Å²) in [7, 11) is 0. The third-order valence-corrected chi connectivity index (χ3v) is 6.42. The van der Waals surface area contributed by atoms with Crippen LogP contribution in [0.3, 0.4) is 0 Å². The van der Waals surface area contributed by atoms with Gasteiger partial charge in [0.1, 0.15) is 5.82 Å². The summed E-state index contributed by atoms with van der Waals surface area (Å²) in [5.74, 6) is -5.76. The SMILES string of the molecule is O=C(Cc1cc(F)c(F)c(F)c1)c1ccc(F)c(CC2CCC3C(C2)C3C(=O)O)c1. The smallest absolute Gasteiger partial charge is 0.307 e. The summed E-state index contributed by atoms with van der Waals surface area (Å²) >= 11 is 0. The van der Waals surface area contributed by atoms with Gasteiger partial charge in [-0.05, 0) is 84.9 Å². The minimum absolute atomic E-state index is 0.00552. The third-order valence-electron chi connectivity index (χ3n) is 6.42. The molecule has 2 saturated carbocycles. The van der Waals surface area contributed by atoms with Gasteiger partial charge in [-0.2, -0.15) is 0 Å². The zero-order valence-electron chi connectivity index (χ0n) is 16.0. The molecular formula is C23H20F4O3. The lowest BCUT2D eigenvalue weighted by Crippen LogP contribution is -2.13. The summed E-state index contributed by atoms with van der Waals surface area (Å²) in [6.45, 7) is 0. The standard InChI is InChI=1S/C23H20F4O3/c24-17-4-2-13(20(28)9-12-7-18(25)22(27)19(26)8-12)10-14(17)5-11-1-3-15-16(6-11)21(15)23(29)30/h2,4,7-8,10-11,15-16,21H,1,3,5-6,9H2,(H,29,30). The van der Waals surface area contributed by atoms with Gasteiger partial charge in [-0.1, -0.05) is 0 Å². The predicted molar refractivity (Wildman–Crippen MR) is 99.9 cm³/mol. The van der Waals surface area contributed by atoms with E-state index in [1.165, 1.54) is 18.2 Å². The molecule has 3 nitrogen and oxygen atoms in total. The van der Waals surface area contributed by atoms with Gasteiger partial charge in [0, 0.05) is 12.0 Å². The molecule has 2 fully saturated rings. The van der Waals surface area contributed by atoms with Gasteiger partial charge in [0.15, 0.2) is 23.2 Å². The molecule has 4 atom stereocenters. The van der Waals surface area contributed by atoms with Crippen molar-refractivity contribution in [3.05, 3.63) is 70.3 Å². The Balaban J connectivity index is 1.45. The van der Waals surface area contributed by atoms with Crippen LogP contribution in [0.15, 0.2) is 30.3 Å². The first-order valence-corrected chi connectivity index (χ1v) is 9.92. The van der Waals surface area contributed by atoms with E-state index in [1.54, 1.807) is 0 Å². The largest absolute Gasteiger partial charge is 0.481 e. The molecule has 2 aromatic rings. The minimum Gasteiger partial charge on any atom is -0.481 e. The van der Waals surface area contributed by atoms with Crippen molar-refractivity contribution in [1.82, 2.24) is 0 Å². The number of aliphatic carboxylic acids is 1. The fraction of sp³-hybridized carbons (Fsp3) is 0.391. The first-order chi connectivity index (χ1) is 14.2. The highest BCUT2D eigenvalue weighted by atomic mass is 19.2. The van der Waals surface area contributed by atoms with Crippen LogP contribution in [0.4, 0.5) is 17.6 Å². The highest BCUT2D eigenvalue weighted by molar-refractivity contribution is 5.97. The molecule has 0 spiro atoms. The molecule has 0 aromatic heterocycles. The summed E-state index contributed by atoms with van der Waals surface area (Å²) in [5, 5.41) is 9.21. The number of carbonyl (C=O) groups excluding carboxylic acids is 1. The molecule has 0 bridgehead atoms. The maximum Gasteiger partial charge on any atom is 0.307 e. The zero-order chi connectivity index (χ0) is 21.6. The maximum atomic E-state index is 14.3. The van der Waals surface area contributed by atoms with Gasteiger partial charge in [0.25, 0.3) is 0 Å². The maximum absolute atomic E-state index is 14.3. The Morgan fingerprint density at radius 3 is 2.30 bits per heavy atom. The number of hydrogen-bond acceptors (Lipinski definition) is 2. The topological polar surface area (TPSA) is 54.4 Å². The molecule has 1 N–H and O–H groups in total. The van der Waals surface area contributed by atoms with E-state index in [2.05, 4.69) is 0 Å². The number of fused-ring (bicyclic) bond motifs is 1. The highest BCUT2D eigenvalue weighted by Crippen LogP contribution is 2.57. The second-order valence-electron chi connectivity index (χ2n) is 8.35. The lowest BCUT2D eigenvalue weighted by molar-refractivity contribution is -0.139. The Morgan fingerprint density at radius 1 is 0.933 bits per heavy atom. The van der Waals surface area contributed by atoms with Gasteiger partial charge >= 0.3 is 5.97 Å². The van der Waals surface area contributed by atoms with E-state index >= 15 is 0 Å². The van der Waals surface area contributed by atoms with Crippen molar-refractivity contribution < 1.29 is 32.3 Å². The molecule has 0 aliphatic heterocycles. The molecular weight excluding hydrogens is 400 g/mol. The molecule has 0 radical (unpaired) electrons. The van der Waals surface area contributed by atoms with Gasteiger partial charge < -0.3 is 5.11 Å². The Bertz CT molecular complexity index is 996. The number of carbonyl (C=O) groups is 2. The van der Waals surface area contributed by atoms with Crippen LogP contribution < -0.4 is 0 Å². The summed E-state index contributed by atoms with van der Waals surface area (Å²) in [6, 6.07) is 5.50. The number of halogens is 4. The average Bonchev–Trinajstić information content (AvgIpc) is 3.41. The van der Waals surface area contributed by atoms with Crippen LogP contribution in [0.1, 0.15) is 40.7 Å². The van der Waals surface area contributed by atoms with Gasteiger partial charge in [0.2, 0.25) is 0 Å². The molecule has 2 aliphatic carbocycles. The number of ketones is 1. The van der Waals surface area contributed by atoms with Gasteiger partial charge in [-0.3, -0.25) is 9.59 Å². The molecule has 0 amide bonds. The molecule has 4 rings (SSSR count). The van der Waals surface area contributed by atoms with E-state index in [1.807, 2.05) is 0 Å². The first-order valence-electron chi connectivity index (χ1n) is 9.92. The van der Waals surface area contributed by atoms with E-state index in [0.717, 1.165) is 31.4 Å². The fourth-order valence-corrected chi connectivity index (χ4v) is 4.86. The van der Waals surface area contributed by atoms with E-state index in [0.29, 0.717) is 12.0 Å². The normalized spacial score (nSPS) is 24.9. The summed E-state index contributed by atoms with van der Waals surface area (Å²) in [4.78, 5) is 23.7.